The minimum atomic E-state index is -3.13. The molecule has 130 valence electrons. The quantitative estimate of drug-likeness (QED) is 0.805. The molecule has 0 unspecified atom stereocenters. The Hall–Kier alpha value is -2.35. The number of carbonyl (C=O) groups is 2. The van der Waals surface area contributed by atoms with Crippen molar-refractivity contribution in [3.8, 4) is 0 Å². The Morgan fingerprint density at radius 1 is 1.21 bits per heavy atom. The van der Waals surface area contributed by atoms with Gasteiger partial charge in [0.25, 0.3) is 0 Å². The number of nitrogens with one attached hydrogen (secondary N) is 1. The highest BCUT2D eigenvalue weighted by Crippen LogP contribution is 2.26. The summed E-state index contributed by atoms with van der Waals surface area (Å²) in [7, 11) is -3.13. The highest BCUT2D eigenvalue weighted by molar-refractivity contribution is 7.90. The van der Waals surface area contributed by atoms with E-state index in [0.29, 0.717) is 16.7 Å². The van der Waals surface area contributed by atoms with Gasteiger partial charge < -0.3 is 9.84 Å². The van der Waals surface area contributed by atoms with Crippen LogP contribution < -0.4 is 5.32 Å². The lowest BCUT2D eigenvalue weighted by atomic mass is 10.1. The highest BCUT2D eigenvalue weighted by atomic mass is 32.2. The zero-order valence-corrected chi connectivity index (χ0v) is 14.4. The van der Waals surface area contributed by atoms with Crippen LogP contribution >= 0.6 is 0 Å². The van der Waals surface area contributed by atoms with E-state index in [1.54, 1.807) is 39.0 Å². The van der Waals surface area contributed by atoms with E-state index in [1.807, 2.05) is 0 Å². The number of hydrogen-bond donors (Lipinski definition) is 2. The number of fused-ring (bicyclic) bond motifs is 1. The van der Waals surface area contributed by atoms with Gasteiger partial charge in [0.15, 0.2) is 9.84 Å². The van der Waals surface area contributed by atoms with Crippen LogP contribution in [-0.2, 0) is 30.9 Å². The number of aliphatic carboxylic acids is 1. The molecule has 8 heteroatoms. The molecule has 1 aliphatic heterocycles. The first-order valence-electron chi connectivity index (χ1n) is 7.22. The maximum Gasteiger partial charge on any atom is 0.412 e. The highest BCUT2D eigenvalue weighted by Gasteiger charge is 2.24. The molecule has 0 fully saturated rings. The van der Waals surface area contributed by atoms with Crippen molar-refractivity contribution < 1.29 is 27.9 Å². The molecule has 0 bridgehead atoms. The third-order valence-electron chi connectivity index (χ3n) is 3.16. The Bertz CT molecular complexity index is 817. The number of sulfone groups is 1. The maximum absolute atomic E-state index is 11.7. The number of hydrogen-bond acceptors (Lipinski definition) is 5. The van der Waals surface area contributed by atoms with E-state index in [-0.39, 0.29) is 17.2 Å². The van der Waals surface area contributed by atoms with Gasteiger partial charge in [0.1, 0.15) is 11.3 Å². The van der Waals surface area contributed by atoms with Crippen LogP contribution in [0.3, 0.4) is 0 Å². The summed E-state index contributed by atoms with van der Waals surface area (Å²) in [4.78, 5) is 23.0. The standard InChI is InChI=1S/C16H19NO6S/c1-16(2,3)23-15(20)17-13(14(18)19)7-10-4-5-11-8-24(21,22)9-12(11)6-10/h4-7H,8-9H2,1-3H3,(H,17,20)(H,18,19)/b13-7+. The summed E-state index contributed by atoms with van der Waals surface area (Å²) in [5, 5.41) is 11.4. The normalized spacial score (nSPS) is 16.4. The van der Waals surface area contributed by atoms with Gasteiger partial charge in [-0.2, -0.15) is 0 Å². The topological polar surface area (TPSA) is 110 Å². The van der Waals surface area contributed by atoms with Crippen LogP contribution in [-0.4, -0.2) is 31.2 Å². The Kier molecular flexibility index (Phi) is 4.70. The van der Waals surface area contributed by atoms with E-state index in [9.17, 15) is 23.1 Å². The van der Waals surface area contributed by atoms with Gasteiger partial charge in [0.05, 0.1) is 11.5 Å². The lowest BCUT2D eigenvalue weighted by Crippen LogP contribution is -2.34. The fourth-order valence-electron chi connectivity index (χ4n) is 2.27. The van der Waals surface area contributed by atoms with Gasteiger partial charge in [-0.3, -0.25) is 5.32 Å². The van der Waals surface area contributed by atoms with Crippen molar-refractivity contribution in [2.45, 2.75) is 37.9 Å². The molecule has 1 aliphatic rings. The molecule has 24 heavy (non-hydrogen) atoms. The summed E-state index contributed by atoms with van der Waals surface area (Å²) in [5.74, 6) is -1.39. The fraction of sp³-hybridized carbons (Fsp3) is 0.375. The largest absolute Gasteiger partial charge is 0.477 e. The number of carboxylic acids is 1. The van der Waals surface area contributed by atoms with Crippen molar-refractivity contribution in [3.63, 3.8) is 0 Å². The number of alkyl carbamates (subject to hydrolysis) is 1. The zero-order valence-electron chi connectivity index (χ0n) is 13.6. The molecule has 2 N–H and O–H groups in total. The predicted molar refractivity (Wildman–Crippen MR) is 87.8 cm³/mol. The van der Waals surface area contributed by atoms with Crippen LogP contribution in [0.15, 0.2) is 23.9 Å². The van der Waals surface area contributed by atoms with Crippen molar-refractivity contribution in [2.24, 2.45) is 0 Å². The maximum atomic E-state index is 11.7. The molecule has 1 amide bonds. The Labute approximate surface area is 140 Å². The number of amides is 1. The minimum absolute atomic E-state index is 0.00568. The molecule has 0 radical (unpaired) electrons. The van der Waals surface area contributed by atoms with Gasteiger partial charge in [-0.15, -0.1) is 0 Å². The monoisotopic (exact) mass is 353 g/mol. The molecule has 0 saturated carbocycles. The smallest absolute Gasteiger partial charge is 0.412 e. The molecular weight excluding hydrogens is 334 g/mol. The molecule has 0 aromatic heterocycles. The number of benzene rings is 1. The van der Waals surface area contributed by atoms with E-state index in [2.05, 4.69) is 5.32 Å². The van der Waals surface area contributed by atoms with Gasteiger partial charge in [0, 0.05) is 0 Å². The summed E-state index contributed by atoms with van der Waals surface area (Å²) in [5.41, 5.74) is 0.731. The zero-order chi connectivity index (χ0) is 18.1. The summed E-state index contributed by atoms with van der Waals surface area (Å²) in [6.45, 7) is 4.99. The third-order valence-corrected chi connectivity index (χ3v) is 4.66. The second-order valence-corrected chi connectivity index (χ2v) is 8.61. The molecule has 0 saturated heterocycles. The number of carbonyl (C=O) groups excluding carboxylic acids is 1. The molecule has 0 atom stereocenters. The summed E-state index contributed by atoms with van der Waals surface area (Å²) in [6.07, 6.45) is 0.386. The molecule has 7 nitrogen and oxygen atoms in total. The van der Waals surface area contributed by atoms with Crippen LogP contribution in [0.25, 0.3) is 6.08 Å². The first-order chi connectivity index (χ1) is 11.0. The van der Waals surface area contributed by atoms with Crippen molar-refractivity contribution in [2.75, 3.05) is 0 Å². The average molecular weight is 353 g/mol. The molecular formula is C16H19NO6S. The van der Waals surface area contributed by atoms with E-state index < -0.39 is 27.5 Å². The third kappa shape index (κ3) is 4.82. The van der Waals surface area contributed by atoms with Gasteiger partial charge in [-0.05, 0) is 43.5 Å². The molecule has 0 aliphatic carbocycles. The van der Waals surface area contributed by atoms with Crippen molar-refractivity contribution in [1.29, 1.82) is 0 Å². The Balaban J connectivity index is 2.23. The number of rotatable bonds is 3. The fourth-order valence-corrected chi connectivity index (χ4v) is 3.87. The number of ether oxygens (including phenoxy) is 1. The Morgan fingerprint density at radius 2 is 1.83 bits per heavy atom. The average Bonchev–Trinajstić information content (AvgIpc) is 2.68. The van der Waals surface area contributed by atoms with Crippen LogP contribution in [0.5, 0.6) is 0 Å². The van der Waals surface area contributed by atoms with E-state index in [1.165, 1.54) is 6.08 Å². The minimum Gasteiger partial charge on any atom is -0.477 e. The van der Waals surface area contributed by atoms with Crippen LogP contribution in [0.4, 0.5) is 4.79 Å². The molecule has 1 aromatic carbocycles. The van der Waals surface area contributed by atoms with Crippen molar-refractivity contribution in [3.05, 3.63) is 40.6 Å². The lowest BCUT2D eigenvalue weighted by molar-refractivity contribution is -0.133. The summed E-state index contributed by atoms with van der Waals surface area (Å²) in [6, 6.07) is 4.87. The second kappa shape index (κ2) is 6.27. The second-order valence-electron chi connectivity index (χ2n) is 6.55. The van der Waals surface area contributed by atoms with Crippen molar-refractivity contribution in [1.82, 2.24) is 5.32 Å². The lowest BCUT2D eigenvalue weighted by Gasteiger charge is -2.19. The van der Waals surface area contributed by atoms with E-state index >= 15 is 0 Å². The number of carboxylic acid groups (broad SMARTS) is 1. The van der Waals surface area contributed by atoms with Gasteiger partial charge in [-0.25, -0.2) is 18.0 Å². The van der Waals surface area contributed by atoms with Gasteiger partial charge in [-0.1, -0.05) is 18.2 Å². The first-order valence-corrected chi connectivity index (χ1v) is 9.04. The SMILES string of the molecule is CC(C)(C)OC(=O)N/C(=C/c1ccc2c(c1)CS(=O)(=O)C2)C(=O)O. The van der Waals surface area contributed by atoms with E-state index in [4.69, 9.17) is 4.74 Å². The summed E-state index contributed by atoms with van der Waals surface area (Å²) >= 11 is 0. The predicted octanol–water partition coefficient (Wildman–Crippen LogP) is 2.07. The van der Waals surface area contributed by atoms with Crippen molar-refractivity contribution >= 4 is 28.0 Å². The summed E-state index contributed by atoms with van der Waals surface area (Å²) < 4.78 is 28.3. The van der Waals surface area contributed by atoms with Crippen LogP contribution in [0.1, 0.15) is 37.5 Å². The first kappa shape index (κ1) is 18.0. The van der Waals surface area contributed by atoms with Crippen LogP contribution in [0, 0.1) is 0 Å². The van der Waals surface area contributed by atoms with E-state index in [0.717, 1.165) is 0 Å². The molecule has 2 rings (SSSR count). The molecule has 0 spiro atoms. The van der Waals surface area contributed by atoms with Gasteiger partial charge >= 0.3 is 12.1 Å². The van der Waals surface area contributed by atoms with Crippen LogP contribution in [0.2, 0.25) is 0 Å². The molecule has 1 heterocycles. The van der Waals surface area contributed by atoms with Gasteiger partial charge in [0.2, 0.25) is 0 Å². The molecule has 1 aromatic rings. The Morgan fingerprint density at radius 3 is 2.42 bits per heavy atom.